The minimum atomic E-state index is 0.609. The highest BCUT2D eigenvalue weighted by molar-refractivity contribution is 7.99. The zero-order valence-corrected chi connectivity index (χ0v) is 12.9. The van der Waals surface area contributed by atoms with Gasteiger partial charge in [0.15, 0.2) is 0 Å². The van der Waals surface area contributed by atoms with Gasteiger partial charge in [0.25, 0.3) is 0 Å². The van der Waals surface area contributed by atoms with E-state index in [0.717, 1.165) is 11.3 Å². The van der Waals surface area contributed by atoms with Crippen molar-refractivity contribution in [3.8, 4) is 0 Å². The summed E-state index contributed by atoms with van der Waals surface area (Å²) in [5, 5.41) is 4.86. The Morgan fingerprint density at radius 1 is 1.00 bits per heavy atom. The second-order valence-corrected chi connectivity index (χ2v) is 6.62. The van der Waals surface area contributed by atoms with Crippen LogP contribution in [0.15, 0.2) is 58.5 Å². The average Bonchev–Trinajstić information content (AvgIpc) is 2.42. The summed E-state index contributed by atoms with van der Waals surface area (Å²) in [7, 11) is 0. The second-order valence-electron chi connectivity index (χ2n) is 4.97. The number of hydrazone groups is 1. The lowest BCUT2D eigenvalue weighted by Gasteiger charge is -2.04. The Hall–Kier alpha value is -1.74. The molecule has 0 bridgehead atoms. The van der Waals surface area contributed by atoms with Crippen molar-refractivity contribution in [1.82, 2.24) is 0 Å². The van der Waals surface area contributed by atoms with Crippen molar-refractivity contribution in [3.63, 3.8) is 0 Å². The molecule has 2 aromatic carbocycles. The standard InChI is InChI=1S/C17H20N2S/c1-13(2)20-17-10-6-15(7-11-17)12-18-19-16-8-4-14(3)5-9-16/h4-13,19H,1-3H3. The molecule has 0 amide bonds. The van der Waals surface area contributed by atoms with Crippen LogP contribution in [0.2, 0.25) is 0 Å². The lowest BCUT2D eigenvalue weighted by Crippen LogP contribution is -1.91. The van der Waals surface area contributed by atoms with Gasteiger partial charge >= 0.3 is 0 Å². The molecule has 0 heterocycles. The highest BCUT2D eigenvalue weighted by Gasteiger charge is 1.97. The van der Waals surface area contributed by atoms with Crippen LogP contribution < -0.4 is 5.43 Å². The third kappa shape index (κ3) is 4.74. The van der Waals surface area contributed by atoms with E-state index >= 15 is 0 Å². The molecule has 0 saturated carbocycles. The van der Waals surface area contributed by atoms with Gasteiger partial charge in [-0.3, -0.25) is 5.43 Å². The van der Waals surface area contributed by atoms with Gasteiger partial charge in [-0.1, -0.05) is 43.7 Å². The first-order valence-corrected chi connectivity index (χ1v) is 7.64. The molecule has 2 aromatic rings. The molecule has 0 spiro atoms. The summed E-state index contributed by atoms with van der Waals surface area (Å²) in [6.45, 7) is 6.47. The Balaban J connectivity index is 1.92. The molecule has 2 nitrogen and oxygen atoms in total. The van der Waals surface area contributed by atoms with Crippen LogP contribution in [0.1, 0.15) is 25.0 Å². The number of nitrogens with zero attached hydrogens (tertiary/aromatic N) is 1. The minimum Gasteiger partial charge on any atom is -0.279 e. The van der Waals surface area contributed by atoms with E-state index in [2.05, 4.69) is 67.7 Å². The molecule has 0 unspecified atom stereocenters. The van der Waals surface area contributed by atoms with E-state index in [1.165, 1.54) is 10.5 Å². The Morgan fingerprint density at radius 2 is 1.65 bits per heavy atom. The maximum Gasteiger partial charge on any atom is 0.0561 e. The molecule has 104 valence electrons. The smallest absolute Gasteiger partial charge is 0.0561 e. The summed E-state index contributed by atoms with van der Waals surface area (Å²) in [4.78, 5) is 1.30. The first-order chi connectivity index (χ1) is 9.63. The van der Waals surface area contributed by atoms with Gasteiger partial charge in [-0.25, -0.2) is 0 Å². The van der Waals surface area contributed by atoms with E-state index in [4.69, 9.17) is 0 Å². The highest BCUT2D eigenvalue weighted by Crippen LogP contribution is 2.22. The zero-order chi connectivity index (χ0) is 14.4. The molecule has 0 aliphatic heterocycles. The molecule has 20 heavy (non-hydrogen) atoms. The van der Waals surface area contributed by atoms with Gasteiger partial charge in [0, 0.05) is 10.1 Å². The van der Waals surface area contributed by atoms with E-state index < -0.39 is 0 Å². The zero-order valence-electron chi connectivity index (χ0n) is 12.1. The summed E-state index contributed by atoms with van der Waals surface area (Å²) >= 11 is 1.87. The van der Waals surface area contributed by atoms with Crippen LogP contribution in [0.4, 0.5) is 5.69 Å². The SMILES string of the molecule is Cc1ccc(NN=Cc2ccc(SC(C)C)cc2)cc1. The van der Waals surface area contributed by atoms with Crippen molar-refractivity contribution in [2.75, 3.05) is 5.43 Å². The Labute approximate surface area is 125 Å². The van der Waals surface area contributed by atoms with E-state index in [0.29, 0.717) is 5.25 Å². The number of anilines is 1. The van der Waals surface area contributed by atoms with E-state index in [1.54, 1.807) is 0 Å². The number of benzene rings is 2. The molecular formula is C17H20N2S. The largest absolute Gasteiger partial charge is 0.279 e. The molecule has 2 rings (SSSR count). The van der Waals surface area contributed by atoms with Gasteiger partial charge in [0.1, 0.15) is 0 Å². The lowest BCUT2D eigenvalue weighted by molar-refractivity contribution is 1.11. The van der Waals surface area contributed by atoms with Gasteiger partial charge in [-0.2, -0.15) is 5.10 Å². The van der Waals surface area contributed by atoms with E-state index in [-0.39, 0.29) is 0 Å². The van der Waals surface area contributed by atoms with Gasteiger partial charge in [-0.15, -0.1) is 11.8 Å². The molecule has 0 radical (unpaired) electrons. The van der Waals surface area contributed by atoms with Crippen LogP contribution in [0.5, 0.6) is 0 Å². The number of rotatable bonds is 5. The molecule has 0 aliphatic rings. The highest BCUT2D eigenvalue weighted by atomic mass is 32.2. The average molecular weight is 284 g/mol. The van der Waals surface area contributed by atoms with Crippen molar-refractivity contribution in [2.24, 2.45) is 5.10 Å². The molecule has 0 saturated heterocycles. The van der Waals surface area contributed by atoms with Crippen LogP contribution in [-0.2, 0) is 0 Å². The van der Waals surface area contributed by atoms with Crippen LogP contribution in [0, 0.1) is 6.92 Å². The first kappa shape index (κ1) is 14.7. The predicted octanol–water partition coefficient (Wildman–Crippen LogP) is 4.94. The maximum atomic E-state index is 4.25. The van der Waals surface area contributed by atoms with Crippen LogP contribution in [0.25, 0.3) is 0 Å². The molecule has 3 heteroatoms. The fraction of sp³-hybridized carbons (Fsp3) is 0.235. The van der Waals surface area contributed by atoms with Crippen molar-refractivity contribution in [1.29, 1.82) is 0 Å². The predicted molar refractivity (Wildman–Crippen MR) is 89.8 cm³/mol. The Morgan fingerprint density at radius 3 is 2.25 bits per heavy atom. The number of aryl methyl sites for hydroxylation is 1. The second kappa shape index (κ2) is 7.15. The van der Waals surface area contributed by atoms with Gasteiger partial charge in [0.2, 0.25) is 0 Å². The fourth-order valence-electron chi connectivity index (χ4n) is 1.71. The van der Waals surface area contributed by atoms with Gasteiger partial charge in [-0.05, 0) is 36.8 Å². The monoisotopic (exact) mass is 284 g/mol. The Bertz CT molecular complexity index is 557. The van der Waals surface area contributed by atoms with Crippen molar-refractivity contribution >= 4 is 23.7 Å². The summed E-state index contributed by atoms with van der Waals surface area (Å²) < 4.78 is 0. The number of hydrogen-bond donors (Lipinski definition) is 1. The van der Waals surface area contributed by atoms with Gasteiger partial charge in [0.05, 0.1) is 11.9 Å². The van der Waals surface area contributed by atoms with E-state index in [9.17, 15) is 0 Å². The summed E-state index contributed by atoms with van der Waals surface area (Å²) in [6, 6.07) is 16.6. The van der Waals surface area contributed by atoms with Gasteiger partial charge < -0.3 is 0 Å². The first-order valence-electron chi connectivity index (χ1n) is 6.76. The number of hydrogen-bond acceptors (Lipinski definition) is 3. The minimum absolute atomic E-state index is 0.609. The van der Waals surface area contributed by atoms with E-state index in [1.807, 2.05) is 30.1 Å². The van der Waals surface area contributed by atoms with Crippen LogP contribution >= 0.6 is 11.8 Å². The molecule has 0 aliphatic carbocycles. The summed E-state index contributed by atoms with van der Waals surface area (Å²) in [5.41, 5.74) is 6.37. The van der Waals surface area contributed by atoms with Crippen molar-refractivity contribution in [3.05, 3.63) is 59.7 Å². The topological polar surface area (TPSA) is 24.4 Å². The normalized spacial score (nSPS) is 11.2. The summed E-state index contributed by atoms with van der Waals surface area (Å²) in [6.07, 6.45) is 1.84. The third-order valence-electron chi connectivity index (χ3n) is 2.71. The molecule has 0 fully saturated rings. The maximum absolute atomic E-state index is 4.25. The quantitative estimate of drug-likeness (QED) is 0.477. The van der Waals surface area contributed by atoms with Crippen molar-refractivity contribution < 1.29 is 0 Å². The van der Waals surface area contributed by atoms with Crippen molar-refractivity contribution in [2.45, 2.75) is 30.9 Å². The molecule has 0 aromatic heterocycles. The fourth-order valence-corrected chi connectivity index (χ4v) is 2.55. The van der Waals surface area contributed by atoms with Crippen LogP contribution in [0.3, 0.4) is 0 Å². The molecule has 0 atom stereocenters. The Kier molecular flexibility index (Phi) is 5.24. The number of nitrogens with one attached hydrogen (secondary N) is 1. The summed E-state index contributed by atoms with van der Waals surface area (Å²) in [5.74, 6) is 0. The van der Waals surface area contributed by atoms with Crippen LogP contribution in [-0.4, -0.2) is 11.5 Å². The number of thioether (sulfide) groups is 1. The molecule has 1 N–H and O–H groups in total. The molecular weight excluding hydrogens is 264 g/mol. The third-order valence-corrected chi connectivity index (χ3v) is 3.73. The lowest BCUT2D eigenvalue weighted by atomic mass is 10.2.